The average molecular weight is 1310 g/mol. The van der Waals surface area contributed by atoms with Crippen LogP contribution in [0, 0.1) is 33.8 Å². The fraction of sp³-hybridized carbons (Fsp3) is 0.431. The van der Waals surface area contributed by atoms with Gasteiger partial charge in [0.25, 0.3) is 29.3 Å². The third kappa shape index (κ3) is 27.7. The number of nitrogens with two attached hydrogens (primary N) is 2. The van der Waals surface area contributed by atoms with E-state index in [9.17, 15) is 68.0 Å². The highest BCUT2D eigenvalue weighted by atomic mass is 19.1. The summed E-state index contributed by atoms with van der Waals surface area (Å²) in [4.78, 5) is 145. The third-order valence-corrected chi connectivity index (χ3v) is 14.5. The number of hydrogen-bond acceptors (Lipinski definition) is 16. The second kappa shape index (κ2) is 39.9. The normalized spacial score (nSPS) is 14.2. The molecule has 0 spiro atoms. The molecule has 94 heavy (non-hydrogen) atoms. The number of nitro benzene ring substituents is 1. The summed E-state index contributed by atoms with van der Waals surface area (Å²) < 4.78 is 41.4. The van der Waals surface area contributed by atoms with Gasteiger partial charge in [0, 0.05) is 86.8 Å². The molecule has 2 aliphatic rings. The molecule has 0 aliphatic carbocycles. The van der Waals surface area contributed by atoms with E-state index < -0.39 is 76.4 Å². The van der Waals surface area contributed by atoms with Crippen molar-refractivity contribution in [2.45, 2.75) is 130 Å². The van der Waals surface area contributed by atoms with E-state index in [0.29, 0.717) is 73.9 Å². The van der Waals surface area contributed by atoms with Crippen LogP contribution in [-0.4, -0.2) is 124 Å². The molecule has 0 unspecified atom stereocenters. The summed E-state index contributed by atoms with van der Waals surface area (Å²) in [7, 11) is 0. The van der Waals surface area contributed by atoms with Gasteiger partial charge < -0.3 is 57.9 Å². The summed E-state index contributed by atoms with van der Waals surface area (Å²) in [5.74, 6) is -7.02. The molecule has 0 aromatic heterocycles. The van der Waals surface area contributed by atoms with E-state index in [4.69, 9.17) is 20.9 Å². The first kappa shape index (κ1) is 76.3. The maximum absolute atomic E-state index is 15.8. The largest absolute Gasteiger partial charge is 0.514 e. The minimum atomic E-state index is -1.03. The first-order valence-electron chi connectivity index (χ1n) is 30.7. The lowest BCUT2D eigenvalue weighted by molar-refractivity contribution is -0.384. The van der Waals surface area contributed by atoms with Crippen LogP contribution in [0.15, 0.2) is 121 Å². The van der Waals surface area contributed by atoms with E-state index in [0.717, 1.165) is 15.9 Å². The van der Waals surface area contributed by atoms with Crippen LogP contribution in [0.4, 0.5) is 40.2 Å². The van der Waals surface area contributed by atoms with E-state index in [1.807, 2.05) is 0 Å². The second-order valence-electron chi connectivity index (χ2n) is 22.6. The zero-order valence-electron chi connectivity index (χ0n) is 52.9. The molecule has 4 atom stereocenters. The fourth-order valence-corrected chi connectivity index (χ4v) is 9.36. The number of aliphatic hydroxyl groups is 1. The molecule has 11 N–H and O–H groups in total. The van der Waals surface area contributed by atoms with Crippen LogP contribution >= 0.6 is 0 Å². The lowest BCUT2D eigenvalue weighted by Gasteiger charge is -2.22. The minimum absolute atomic E-state index is 0.0593. The van der Waals surface area contributed by atoms with Gasteiger partial charge in [-0.15, -0.1) is 0 Å². The number of ether oxygens (including phenoxy) is 2. The van der Waals surface area contributed by atoms with E-state index in [-0.39, 0.29) is 118 Å². The van der Waals surface area contributed by atoms with Crippen LogP contribution < -0.4 is 48.1 Å². The number of aliphatic hydroxyl groups excluding tert-OH is 1. The topological polar surface area (TPSA) is 400 Å². The fourth-order valence-electron chi connectivity index (χ4n) is 9.36. The van der Waals surface area contributed by atoms with Gasteiger partial charge in [0.2, 0.25) is 23.6 Å². The van der Waals surface area contributed by atoms with E-state index in [1.54, 1.807) is 76.2 Å². The molecule has 0 saturated carbocycles. The molecular weight excluding hydrogens is 1230 g/mol. The molecule has 3 aromatic carbocycles. The van der Waals surface area contributed by atoms with Crippen molar-refractivity contribution in [1.82, 2.24) is 31.1 Å². The van der Waals surface area contributed by atoms with Gasteiger partial charge in [0.15, 0.2) is 0 Å². The number of non-ortho nitro benzene ring substituents is 1. The predicted molar refractivity (Wildman–Crippen MR) is 341 cm³/mol. The molecule has 0 saturated heterocycles. The Labute approximate surface area is 542 Å². The monoisotopic (exact) mass is 1310 g/mol. The van der Waals surface area contributed by atoms with Crippen molar-refractivity contribution in [2.24, 2.45) is 35.1 Å². The lowest BCUT2D eigenvalue weighted by Crippen LogP contribution is -2.39. The van der Waals surface area contributed by atoms with Crippen LogP contribution in [-0.2, 0) is 56.3 Å². The number of amides is 12. The number of nitrogens with zero attached hydrogens (tertiary/aromatic N) is 3. The number of benzene rings is 3. The van der Waals surface area contributed by atoms with Gasteiger partial charge in [-0.05, 0) is 123 Å². The lowest BCUT2D eigenvalue weighted by atomic mass is 9.96. The summed E-state index contributed by atoms with van der Waals surface area (Å²) in [5, 5.41) is 35.7. The molecule has 0 fully saturated rings. The van der Waals surface area contributed by atoms with E-state index in [2.05, 4.69) is 31.9 Å². The molecule has 508 valence electrons. The SMILES string of the molecule is CC(C)[C@H](NC(=O)CCCCCN1C(=O)C=CC1=O)/C(F)=C/[C@@H](CCCNC(N)=O)C(=O)Nc1ccc(CO)cc1.CC(C)[C@H](NC(=O)CCCCCN1C(=O)C=CC1=O)/C(F)=C/[C@@H](CCCNC(N)=O)C(=O)Nc1ccc(COC(=O)Oc2ccc([N+](=O)[O-])cc2)cc1. The van der Waals surface area contributed by atoms with Crippen molar-refractivity contribution in [3.63, 3.8) is 0 Å². The van der Waals surface area contributed by atoms with Crippen LogP contribution in [0.25, 0.3) is 0 Å². The van der Waals surface area contributed by atoms with Crippen molar-refractivity contribution in [2.75, 3.05) is 36.8 Å². The minimum Gasteiger partial charge on any atom is -0.429 e. The Bertz CT molecular complexity index is 3210. The summed E-state index contributed by atoms with van der Waals surface area (Å²) in [6, 6.07) is 14.3. The number of imide groups is 2. The molecule has 0 radical (unpaired) electrons. The number of rotatable bonds is 37. The Morgan fingerprint density at radius 3 is 1.33 bits per heavy atom. The Balaban J connectivity index is 0.000000414. The second-order valence-corrected chi connectivity index (χ2v) is 22.6. The molecule has 3 aromatic rings. The number of halogens is 2. The highest BCUT2D eigenvalue weighted by molar-refractivity contribution is 6.13. The maximum Gasteiger partial charge on any atom is 0.514 e. The van der Waals surface area contributed by atoms with Crippen LogP contribution in [0.2, 0.25) is 0 Å². The smallest absolute Gasteiger partial charge is 0.429 e. The Kier molecular flexibility index (Phi) is 32.4. The number of unbranched alkanes of at least 4 members (excludes halogenated alkanes) is 4. The Morgan fingerprint density at radius 2 is 0.968 bits per heavy atom. The first-order chi connectivity index (χ1) is 44.7. The number of hydrogen-bond donors (Lipinski definition) is 9. The molecule has 0 bridgehead atoms. The van der Waals surface area contributed by atoms with Gasteiger partial charge in [0.05, 0.1) is 35.4 Å². The molecule has 2 heterocycles. The predicted octanol–water partition coefficient (Wildman–Crippen LogP) is 7.45. The molecule has 5 rings (SSSR count). The number of urea groups is 2. The van der Waals surface area contributed by atoms with Crippen LogP contribution in [0.1, 0.15) is 116 Å². The van der Waals surface area contributed by atoms with Crippen LogP contribution in [0.5, 0.6) is 5.75 Å². The van der Waals surface area contributed by atoms with Crippen molar-refractivity contribution in [3.05, 3.63) is 142 Å². The zero-order valence-corrected chi connectivity index (χ0v) is 52.9. The van der Waals surface area contributed by atoms with Gasteiger partial charge in [-0.25, -0.2) is 23.2 Å². The summed E-state index contributed by atoms with van der Waals surface area (Å²) >= 11 is 0. The quantitative estimate of drug-likeness (QED) is 0.00675. The van der Waals surface area contributed by atoms with Crippen molar-refractivity contribution >= 4 is 82.5 Å². The number of nitro groups is 1. The standard InChI is InChI=1S/C36H43FN6O10.C29H40FN5O6/c1-23(2)33(41-30(44)8-4-3-5-20-42-31(45)17-18-32(42)46)29(37)21-25(7-6-19-39-35(38)48)34(47)40-26-11-9-24(10-12-26)22-52-36(49)53-28-15-13-27(14-16-28)43(50)51;1-19(2)27(34-24(37)8-4-3-5-16-35-25(38)13-14-26(35)39)23(30)17-21(7-6-15-32-29(31)41)28(40)33-22-11-9-20(18-36)10-12-22/h9-18,21,23,25,33H,3-8,19-20,22H2,1-2H3,(H,40,47)(H,41,44)(H3,38,39,48);9-14,17,19,21,27,36H,3-8,15-16,18H2,1-2H3,(H,33,40)(H,34,37)(H3,31,32,41)/b29-21-;23-17-/t25-,33+;21-,27+/m11/s1. The summed E-state index contributed by atoms with van der Waals surface area (Å²) in [6.45, 7) is 7.53. The zero-order chi connectivity index (χ0) is 69.3. The maximum atomic E-state index is 15.8. The van der Waals surface area contributed by atoms with E-state index >= 15 is 8.78 Å². The van der Waals surface area contributed by atoms with E-state index in [1.165, 1.54) is 54.6 Å². The van der Waals surface area contributed by atoms with Crippen LogP contribution in [0.3, 0.4) is 0 Å². The number of carbonyl (C=O) groups is 11. The average Bonchev–Trinajstić information content (AvgIpc) is 1.15. The number of primary amides is 2. The van der Waals surface area contributed by atoms with Gasteiger partial charge in [-0.2, -0.15) is 0 Å². The van der Waals surface area contributed by atoms with Crippen molar-refractivity contribution in [1.29, 1.82) is 0 Å². The Hall–Kier alpha value is -10.2. The van der Waals surface area contributed by atoms with Crippen molar-refractivity contribution < 1.29 is 81.0 Å². The van der Waals surface area contributed by atoms with Gasteiger partial charge in [-0.1, -0.05) is 64.8 Å². The first-order valence-corrected chi connectivity index (χ1v) is 30.7. The highest BCUT2D eigenvalue weighted by Gasteiger charge is 2.28. The van der Waals surface area contributed by atoms with Crippen molar-refractivity contribution in [3.8, 4) is 5.75 Å². The summed E-state index contributed by atoms with van der Waals surface area (Å²) in [5.41, 5.74) is 12.1. The van der Waals surface area contributed by atoms with Gasteiger partial charge >= 0.3 is 18.2 Å². The van der Waals surface area contributed by atoms with Gasteiger partial charge in [0.1, 0.15) is 24.0 Å². The highest BCUT2D eigenvalue weighted by Crippen LogP contribution is 2.25. The molecule has 2 aliphatic heterocycles. The molecule has 27 nitrogen and oxygen atoms in total. The number of carbonyl (C=O) groups excluding carboxylic acids is 11. The Morgan fingerprint density at radius 1 is 0.574 bits per heavy atom. The third-order valence-electron chi connectivity index (χ3n) is 14.5. The number of nitrogens with one attached hydrogen (secondary N) is 6. The number of anilines is 2. The molecular formula is C65H83F2N11O16. The van der Waals surface area contributed by atoms with Gasteiger partial charge in [-0.3, -0.25) is 58.3 Å². The molecule has 29 heteroatoms. The molecule has 12 amide bonds. The summed E-state index contributed by atoms with van der Waals surface area (Å²) in [6.07, 6.45) is 10.7.